The fourth-order valence-corrected chi connectivity index (χ4v) is 4.44. The van der Waals surface area contributed by atoms with Crippen molar-refractivity contribution in [1.29, 1.82) is 0 Å². The fourth-order valence-electron chi connectivity index (χ4n) is 4.44. The summed E-state index contributed by atoms with van der Waals surface area (Å²) in [5, 5.41) is 0. The van der Waals surface area contributed by atoms with Crippen LogP contribution < -0.4 is 15.4 Å². The molecule has 1 aliphatic rings. The van der Waals surface area contributed by atoms with Gasteiger partial charge in [-0.1, -0.05) is 36.4 Å². The van der Waals surface area contributed by atoms with Crippen LogP contribution in [0, 0.1) is 0 Å². The Bertz CT molecular complexity index is 1400. The Labute approximate surface area is 190 Å². The van der Waals surface area contributed by atoms with Crippen molar-refractivity contribution in [3.63, 3.8) is 0 Å². The number of ether oxygens (including phenoxy) is 1. The van der Waals surface area contributed by atoms with E-state index in [2.05, 4.69) is 29.8 Å². The van der Waals surface area contributed by atoms with Gasteiger partial charge in [0.05, 0.1) is 17.4 Å². The molecule has 9 heteroatoms. The average molecular weight is 441 g/mol. The van der Waals surface area contributed by atoms with Crippen molar-refractivity contribution in [2.75, 3.05) is 18.0 Å². The number of hydrogen-bond donors (Lipinski definition) is 3. The molecule has 0 saturated carbocycles. The molecule has 5 aromatic rings. The Kier molecular flexibility index (Phi) is 4.69. The third-order valence-corrected chi connectivity index (χ3v) is 6.34. The number of aromatic amines is 2. The second-order valence-corrected chi connectivity index (χ2v) is 8.45. The van der Waals surface area contributed by atoms with Crippen molar-refractivity contribution in [1.82, 2.24) is 29.9 Å². The molecule has 0 radical (unpaired) electrons. The molecule has 166 valence electrons. The summed E-state index contributed by atoms with van der Waals surface area (Å²) < 4.78 is 6.09. The van der Waals surface area contributed by atoms with Gasteiger partial charge in [0.2, 0.25) is 0 Å². The highest BCUT2D eigenvalue weighted by molar-refractivity contribution is 5.83. The lowest BCUT2D eigenvalue weighted by Crippen LogP contribution is -2.49. The van der Waals surface area contributed by atoms with Crippen LogP contribution in [-0.4, -0.2) is 43.0 Å². The molecule has 0 atom stereocenters. The van der Waals surface area contributed by atoms with Crippen LogP contribution in [0.2, 0.25) is 0 Å². The van der Waals surface area contributed by atoms with Gasteiger partial charge in [-0.2, -0.15) is 0 Å². The summed E-state index contributed by atoms with van der Waals surface area (Å²) in [6.07, 6.45) is 4.68. The number of nitrogens with zero attached hydrogens (tertiary/aromatic N) is 5. The number of nitrogens with one attached hydrogen (secondary N) is 2. The minimum atomic E-state index is -0.549. The normalized spacial score (nSPS) is 15.8. The maximum atomic E-state index is 6.88. The molecule has 33 heavy (non-hydrogen) atoms. The maximum Gasteiger partial charge on any atom is 0.182 e. The van der Waals surface area contributed by atoms with Gasteiger partial charge in [0.1, 0.15) is 35.5 Å². The Balaban J connectivity index is 1.22. The van der Waals surface area contributed by atoms with Crippen LogP contribution in [0.4, 0.5) is 5.82 Å². The van der Waals surface area contributed by atoms with E-state index in [1.54, 1.807) is 12.7 Å². The third-order valence-electron chi connectivity index (χ3n) is 6.34. The summed E-state index contributed by atoms with van der Waals surface area (Å²) in [5.41, 5.74) is 10.7. The molecule has 1 saturated heterocycles. The molecule has 0 spiro atoms. The van der Waals surface area contributed by atoms with E-state index >= 15 is 0 Å². The summed E-state index contributed by atoms with van der Waals surface area (Å²) in [7, 11) is 0. The lowest BCUT2D eigenvalue weighted by atomic mass is 9.88. The Hall–Kier alpha value is -3.98. The van der Waals surface area contributed by atoms with Gasteiger partial charge in [-0.3, -0.25) is 0 Å². The van der Waals surface area contributed by atoms with E-state index in [1.165, 1.54) is 0 Å². The van der Waals surface area contributed by atoms with Crippen molar-refractivity contribution in [2.24, 2.45) is 5.73 Å². The largest absolute Gasteiger partial charge is 0.487 e. The second kappa shape index (κ2) is 7.86. The van der Waals surface area contributed by atoms with Gasteiger partial charge in [0.15, 0.2) is 11.5 Å². The number of H-pyrrole nitrogens is 2. The molecule has 0 amide bonds. The first-order valence-electron chi connectivity index (χ1n) is 11.0. The van der Waals surface area contributed by atoms with Crippen LogP contribution in [0.15, 0.2) is 61.2 Å². The molecule has 0 aliphatic carbocycles. The number of aromatic nitrogens is 6. The van der Waals surface area contributed by atoms with Gasteiger partial charge in [0, 0.05) is 13.1 Å². The number of imidazole rings is 2. The predicted molar refractivity (Wildman–Crippen MR) is 126 cm³/mol. The van der Waals surface area contributed by atoms with E-state index in [0.717, 1.165) is 65.4 Å². The van der Waals surface area contributed by atoms with Gasteiger partial charge >= 0.3 is 0 Å². The monoisotopic (exact) mass is 440 g/mol. The van der Waals surface area contributed by atoms with Crippen LogP contribution in [0.3, 0.4) is 0 Å². The number of anilines is 1. The standard InChI is InChI=1S/C24H24N8O/c25-24(9-11-32(12-10-24)22-20-21(27-14-26-20)28-15-29-22)23-30-17-7-4-8-18(19(17)31-23)33-13-16-5-2-1-3-6-16/h1-8,14-15H,9-13,25H2,(H,30,31)(H,26,27,28,29). The number of hydrogen-bond acceptors (Lipinski definition) is 7. The zero-order valence-electron chi connectivity index (χ0n) is 18.0. The van der Waals surface area contributed by atoms with E-state index in [1.807, 2.05) is 48.5 Å². The quantitative estimate of drug-likeness (QED) is 0.383. The van der Waals surface area contributed by atoms with Crippen molar-refractivity contribution < 1.29 is 4.74 Å². The van der Waals surface area contributed by atoms with Crippen LogP contribution in [-0.2, 0) is 12.1 Å². The summed E-state index contributed by atoms with van der Waals surface area (Å²) in [5.74, 6) is 2.41. The van der Waals surface area contributed by atoms with Crippen LogP contribution in [0.5, 0.6) is 5.75 Å². The number of nitrogens with two attached hydrogens (primary N) is 1. The average Bonchev–Trinajstić information content (AvgIpc) is 3.52. The zero-order chi connectivity index (χ0) is 22.3. The van der Waals surface area contributed by atoms with Gasteiger partial charge in [-0.05, 0) is 30.5 Å². The summed E-state index contributed by atoms with van der Waals surface area (Å²) >= 11 is 0. The van der Waals surface area contributed by atoms with E-state index in [0.29, 0.717) is 12.3 Å². The maximum absolute atomic E-state index is 6.88. The highest BCUT2D eigenvalue weighted by atomic mass is 16.5. The second-order valence-electron chi connectivity index (χ2n) is 8.45. The van der Waals surface area contributed by atoms with Crippen molar-refractivity contribution >= 4 is 28.0 Å². The molecule has 6 rings (SSSR count). The third kappa shape index (κ3) is 3.56. The molecular weight excluding hydrogens is 416 g/mol. The predicted octanol–water partition coefficient (Wildman–Crippen LogP) is 3.26. The van der Waals surface area contributed by atoms with Crippen LogP contribution >= 0.6 is 0 Å². The first kappa shape index (κ1) is 19.7. The first-order chi connectivity index (χ1) is 16.2. The van der Waals surface area contributed by atoms with Gasteiger partial charge in [-0.15, -0.1) is 0 Å². The minimum Gasteiger partial charge on any atom is -0.487 e. The minimum absolute atomic E-state index is 0.492. The van der Waals surface area contributed by atoms with Crippen molar-refractivity contribution in [2.45, 2.75) is 25.0 Å². The summed E-state index contributed by atoms with van der Waals surface area (Å²) in [6.45, 7) is 2.01. The Morgan fingerprint density at radius 2 is 1.85 bits per heavy atom. The van der Waals surface area contributed by atoms with Gasteiger partial charge in [0.25, 0.3) is 0 Å². The molecule has 4 N–H and O–H groups in total. The summed E-state index contributed by atoms with van der Waals surface area (Å²) in [6, 6.07) is 16.0. The zero-order valence-corrected chi connectivity index (χ0v) is 18.0. The van der Waals surface area contributed by atoms with Crippen molar-refractivity contribution in [3.05, 3.63) is 72.6 Å². The molecule has 1 fully saturated rings. The summed E-state index contributed by atoms with van der Waals surface area (Å²) in [4.78, 5) is 26.6. The van der Waals surface area contributed by atoms with Gasteiger partial charge < -0.3 is 25.3 Å². The molecule has 1 aliphatic heterocycles. The Morgan fingerprint density at radius 3 is 2.70 bits per heavy atom. The molecule has 0 bridgehead atoms. The lowest BCUT2D eigenvalue weighted by Gasteiger charge is -2.38. The van der Waals surface area contributed by atoms with Gasteiger partial charge in [-0.25, -0.2) is 19.9 Å². The highest BCUT2D eigenvalue weighted by Gasteiger charge is 2.36. The number of piperidine rings is 1. The van der Waals surface area contributed by atoms with E-state index < -0.39 is 5.54 Å². The first-order valence-corrected chi connectivity index (χ1v) is 11.0. The Morgan fingerprint density at radius 1 is 1.00 bits per heavy atom. The molecule has 9 nitrogen and oxygen atoms in total. The van der Waals surface area contributed by atoms with E-state index in [9.17, 15) is 0 Å². The molecule has 0 unspecified atom stereocenters. The van der Waals surface area contributed by atoms with E-state index in [-0.39, 0.29) is 0 Å². The fraction of sp³-hybridized carbons (Fsp3) is 0.250. The SMILES string of the molecule is NC1(c2nc3c(OCc4ccccc4)cccc3[nH]2)CCN(c2ncnc3nc[nH]c23)CC1. The molecule has 2 aromatic carbocycles. The number of benzene rings is 2. The molecule has 4 heterocycles. The van der Waals surface area contributed by atoms with Crippen LogP contribution in [0.25, 0.3) is 22.2 Å². The smallest absolute Gasteiger partial charge is 0.182 e. The topological polar surface area (TPSA) is 122 Å². The molecule has 3 aromatic heterocycles. The number of para-hydroxylation sites is 1. The molecular formula is C24H24N8O. The van der Waals surface area contributed by atoms with Crippen molar-refractivity contribution in [3.8, 4) is 5.75 Å². The number of fused-ring (bicyclic) bond motifs is 2. The van der Waals surface area contributed by atoms with Crippen LogP contribution in [0.1, 0.15) is 24.2 Å². The van der Waals surface area contributed by atoms with E-state index in [4.69, 9.17) is 15.5 Å². The number of rotatable bonds is 5. The lowest BCUT2D eigenvalue weighted by molar-refractivity contribution is 0.308. The highest BCUT2D eigenvalue weighted by Crippen LogP contribution is 2.34.